The van der Waals surface area contributed by atoms with Gasteiger partial charge in [-0.2, -0.15) is 11.8 Å². The number of hydrogen-bond acceptors (Lipinski definition) is 4. The van der Waals surface area contributed by atoms with Crippen molar-refractivity contribution in [3.05, 3.63) is 18.2 Å². The third-order valence-electron chi connectivity index (χ3n) is 4.20. The first-order valence-corrected chi connectivity index (χ1v) is 8.96. The fourth-order valence-corrected chi connectivity index (χ4v) is 3.62. The summed E-state index contributed by atoms with van der Waals surface area (Å²) in [7, 11) is 2.02. The Balaban J connectivity index is 2.12. The average Bonchev–Trinajstić information content (AvgIpc) is 2.92. The molecule has 0 bridgehead atoms. The quantitative estimate of drug-likeness (QED) is 0.829. The van der Waals surface area contributed by atoms with Gasteiger partial charge in [0.1, 0.15) is 5.82 Å². The number of aromatic nitrogens is 2. The number of imidazole rings is 1. The monoisotopic (exact) mass is 310 g/mol. The molecule has 2 unspecified atom stereocenters. The number of rotatable bonds is 5. The van der Waals surface area contributed by atoms with Gasteiger partial charge >= 0.3 is 0 Å². The van der Waals surface area contributed by atoms with Crippen molar-refractivity contribution in [2.75, 3.05) is 38.2 Å². The van der Waals surface area contributed by atoms with Crippen LogP contribution in [0.25, 0.3) is 0 Å². The molecule has 0 radical (unpaired) electrons. The Bertz CT molecular complexity index is 476. The van der Waals surface area contributed by atoms with Crippen LogP contribution < -0.4 is 0 Å². The molecule has 1 aromatic rings. The molecule has 0 saturated carbocycles. The van der Waals surface area contributed by atoms with E-state index in [4.69, 9.17) is 0 Å². The summed E-state index contributed by atoms with van der Waals surface area (Å²) in [5, 5.41) is 0. The predicted molar refractivity (Wildman–Crippen MR) is 87.3 cm³/mol. The van der Waals surface area contributed by atoms with Crippen LogP contribution in [0.4, 0.5) is 0 Å². The van der Waals surface area contributed by atoms with Gasteiger partial charge in [-0.15, -0.1) is 0 Å². The van der Waals surface area contributed by atoms with Crippen LogP contribution in [-0.2, 0) is 11.8 Å². The highest BCUT2D eigenvalue weighted by molar-refractivity contribution is 7.98. The number of thioether (sulfide) groups is 1. The average molecular weight is 310 g/mol. The summed E-state index contributed by atoms with van der Waals surface area (Å²) in [6.07, 6.45) is 5.86. The van der Waals surface area contributed by atoms with Crippen LogP contribution in [0.15, 0.2) is 12.4 Å². The maximum atomic E-state index is 12.5. The second-order valence-corrected chi connectivity index (χ2v) is 6.59. The number of nitrogens with zero attached hydrogens (tertiary/aromatic N) is 4. The minimum atomic E-state index is 0.0928. The number of hydrogen-bond donors (Lipinski definition) is 0. The highest BCUT2D eigenvalue weighted by Crippen LogP contribution is 2.25. The molecule has 2 atom stereocenters. The van der Waals surface area contributed by atoms with Crippen LogP contribution in [0.3, 0.4) is 0 Å². The topological polar surface area (TPSA) is 41.4 Å². The van der Waals surface area contributed by atoms with Crippen LogP contribution >= 0.6 is 11.8 Å². The van der Waals surface area contributed by atoms with Crippen LogP contribution in [0.2, 0.25) is 0 Å². The third kappa shape index (κ3) is 3.61. The van der Waals surface area contributed by atoms with Crippen molar-refractivity contribution in [1.29, 1.82) is 0 Å². The van der Waals surface area contributed by atoms with Crippen molar-refractivity contribution in [2.45, 2.75) is 19.9 Å². The molecule has 21 heavy (non-hydrogen) atoms. The van der Waals surface area contributed by atoms with Crippen LogP contribution in [0, 0.1) is 5.92 Å². The van der Waals surface area contributed by atoms with E-state index in [1.54, 1.807) is 11.8 Å². The fraction of sp³-hybridized carbons (Fsp3) is 0.733. The maximum absolute atomic E-state index is 12.5. The molecule has 5 nitrogen and oxygen atoms in total. The SMILES string of the molecule is CCN1CCN(C(=O)C(C)CSC)CC1c1nccn1C. The lowest BCUT2D eigenvalue weighted by molar-refractivity contribution is -0.137. The smallest absolute Gasteiger partial charge is 0.226 e. The Labute approximate surface area is 131 Å². The number of amides is 1. The molecule has 2 rings (SSSR count). The van der Waals surface area contributed by atoms with E-state index in [9.17, 15) is 4.79 Å². The Kier molecular flexibility index (Phi) is 5.70. The van der Waals surface area contributed by atoms with Gasteiger partial charge in [0, 0.05) is 50.7 Å². The van der Waals surface area contributed by atoms with Crippen LogP contribution in [0.5, 0.6) is 0 Å². The van der Waals surface area contributed by atoms with Gasteiger partial charge in [-0.25, -0.2) is 4.98 Å². The molecule has 2 heterocycles. The van der Waals surface area contributed by atoms with Crippen LogP contribution in [-0.4, -0.2) is 63.4 Å². The van der Waals surface area contributed by atoms with Crippen molar-refractivity contribution in [3.8, 4) is 0 Å². The summed E-state index contributed by atoms with van der Waals surface area (Å²) in [4.78, 5) is 21.5. The summed E-state index contributed by atoms with van der Waals surface area (Å²) in [5.41, 5.74) is 0. The van der Waals surface area contributed by atoms with Gasteiger partial charge in [0.05, 0.1) is 6.04 Å². The Hall–Kier alpha value is -1.01. The fourth-order valence-electron chi connectivity index (χ4n) is 2.98. The van der Waals surface area contributed by atoms with E-state index < -0.39 is 0 Å². The Morgan fingerprint density at radius 1 is 1.52 bits per heavy atom. The van der Waals surface area contributed by atoms with Gasteiger partial charge in [0.2, 0.25) is 5.91 Å². The maximum Gasteiger partial charge on any atom is 0.226 e. The zero-order chi connectivity index (χ0) is 15.4. The summed E-state index contributed by atoms with van der Waals surface area (Å²) in [5.74, 6) is 2.31. The van der Waals surface area contributed by atoms with Crippen molar-refractivity contribution in [1.82, 2.24) is 19.4 Å². The van der Waals surface area contributed by atoms with Crippen molar-refractivity contribution in [2.24, 2.45) is 13.0 Å². The molecule has 1 aliphatic rings. The summed E-state index contributed by atoms with van der Waals surface area (Å²) in [6, 6.07) is 0.203. The molecule has 0 aromatic carbocycles. The minimum absolute atomic E-state index is 0.0928. The number of carbonyl (C=O) groups is 1. The summed E-state index contributed by atoms with van der Waals surface area (Å²) >= 11 is 1.73. The molecule has 1 saturated heterocycles. The van der Waals surface area contributed by atoms with Crippen molar-refractivity contribution in [3.63, 3.8) is 0 Å². The normalized spacial score (nSPS) is 21.5. The van der Waals surface area contributed by atoms with Gasteiger partial charge < -0.3 is 9.47 Å². The molecular formula is C15H26N4OS. The predicted octanol–water partition coefficient (Wildman–Crippen LogP) is 1.62. The zero-order valence-electron chi connectivity index (χ0n) is 13.5. The largest absolute Gasteiger partial charge is 0.339 e. The molecule has 0 aliphatic carbocycles. The van der Waals surface area contributed by atoms with Gasteiger partial charge in [-0.1, -0.05) is 13.8 Å². The molecule has 0 N–H and O–H groups in total. The lowest BCUT2D eigenvalue weighted by atomic mass is 10.1. The summed E-state index contributed by atoms with van der Waals surface area (Å²) in [6.45, 7) is 7.68. The second-order valence-electron chi connectivity index (χ2n) is 5.68. The number of piperazine rings is 1. The molecule has 118 valence electrons. The first kappa shape index (κ1) is 16.4. The van der Waals surface area contributed by atoms with Gasteiger partial charge in [0.25, 0.3) is 0 Å². The second kappa shape index (κ2) is 7.31. The van der Waals surface area contributed by atoms with E-state index in [2.05, 4.69) is 27.6 Å². The zero-order valence-corrected chi connectivity index (χ0v) is 14.3. The van der Waals surface area contributed by atoms with Gasteiger partial charge in [-0.3, -0.25) is 9.69 Å². The first-order valence-electron chi connectivity index (χ1n) is 7.57. The molecule has 1 aliphatic heterocycles. The summed E-state index contributed by atoms with van der Waals surface area (Å²) < 4.78 is 2.06. The number of aryl methyl sites for hydroxylation is 1. The first-order chi connectivity index (χ1) is 10.1. The van der Waals surface area contributed by atoms with Gasteiger partial charge in [-0.05, 0) is 12.8 Å². The number of carbonyl (C=O) groups excluding carboxylic acids is 1. The molecule has 1 aromatic heterocycles. The highest BCUT2D eigenvalue weighted by atomic mass is 32.2. The van der Waals surface area contributed by atoms with E-state index in [-0.39, 0.29) is 17.9 Å². The molecule has 1 amide bonds. The highest BCUT2D eigenvalue weighted by Gasteiger charge is 2.33. The van der Waals surface area contributed by atoms with Crippen molar-refractivity contribution < 1.29 is 4.79 Å². The van der Waals surface area contributed by atoms with E-state index in [0.29, 0.717) is 0 Å². The lowest BCUT2D eigenvalue weighted by Crippen LogP contribution is -2.52. The molecular weight excluding hydrogens is 284 g/mol. The van der Waals surface area contributed by atoms with E-state index in [1.807, 2.05) is 31.3 Å². The lowest BCUT2D eigenvalue weighted by Gasteiger charge is -2.41. The van der Waals surface area contributed by atoms with E-state index in [1.165, 1.54) is 0 Å². The minimum Gasteiger partial charge on any atom is -0.339 e. The molecule has 6 heteroatoms. The Morgan fingerprint density at radius 3 is 2.86 bits per heavy atom. The molecule has 0 spiro atoms. The third-order valence-corrected chi connectivity index (χ3v) is 5.04. The van der Waals surface area contributed by atoms with Crippen LogP contribution in [0.1, 0.15) is 25.7 Å². The standard InChI is InChI=1S/C15H26N4OS/c1-5-18-8-9-19(15(20)12(2)11-21-4)10-13(18)14-16-6-7-17(14)3/h6-7,12-13H,5,8-11H2,1-4H3. The Morgan fingerprint density at radius 2 is 2.29 bits per heavy atom. The van der Waals surface area contributed by atoms with E-state index >= 15 is 0 Å². The van der Waals surface area contributed by atoms with E-state index in [0.717, 1.165) is 37.8 Å². The van der Waals surface area contributed by atoms with Crippen molar-refractivity contribution >= 4 is 17.7 Å². The van der Waals surface area contributed by atoms with Gasteiger partial charge in [0.15, 0.2) is 0 Å². The number of likely N-dealkylation sites (N-methyl/N-ethyl adjacent to an activating group) is 1. The molecule has 1 fully saturated rings.